The highest BCUT2D eigenvalue weighted by atomic mass is 16.3. The third kappa shape index (κ3) is 2.46. The number of rotatable bonds is 3. The van der Waals surface area contributed by atoms with E-state index in [2.05, 4.69) is 17.1 Å². The van der Waals surface area contributed by atoms with Crippen molar-refractivity contribution in [3.8, 4) is 11.1 Å². The van der Waals surface area contributed by atoms with E-state index in [0.29, 0.717) is 0 Å². The fourth-order valence-corrected chi connectivity index (χ4v) is 2.33. The summed E-state index contributed by atoms with van der Waals surface area (Å²) in [5.74, 6) is 0. The molecule has 1 N–H and O–H groups in total. The molecular formula is C18H15NO. The lowest BCUT2D eigenvalue weighted by Gasteiger charge is -2.15. The summed E-state index contributed by atoms with van der Waals surface area (Å²) in [6.45, 7) is 0. The van der Waals surface area contributed by atoms with Gasteiger partial charge in [-0.3, -0.25) is 4.98 Å². The fourth-order valence-electron chi connectivity index (χ4n) is 2.33. The van der Waals surface area contributed by atoms with E-state index in [4.69, 9.17) is 0 Å². The number of nitrogens with zero attached hydrogens (tertiary/aromatic N) is 1. The molecule has 2 heteroatoms. The van der Waals surface area contributed by atoms with Crippen LogP contribution in [-0.4, -0.2) is 10.1 Å². The molecule has 0 fully saturated rings. The molecule has 1 aromatic heterocycles. The zero-order valence-corrected chi connectivity index (χ0v) is 11.0. The van der Waals surface area contributed by atoms with Gasteiger partial charge >= 0.3 is 0 Å². The Labute approximate surface area is 118 Å². The van der Waals surface area contributed by atoms with Crippen LogP contribution in [0.15, 0.2) is 79.1 Å². The number of aromatic nitrogens is 1. The minimum atomic E-state index is -0.667. The second kappa shape index (κ2) is 5.68. The molecule has 0 aliphatic carbocycles. The van der Waals surface area contributed by atoms with Crippen molar-refractivity contribution in [2.24, 2.45) is 0 Å². The molecular weight excluding hydrogens is 246 g/mol. The average molecular weight is 261 g/mol. The van der Waals surface area contributed by atoms with Gasteiger partial charge < -0.3 is 5.11 Å². The van der Waals surface area contributed by atoms with Crippen LogP contribution in [0.1, 0.15) is 17.2 Å². The topological polar surface area (TPSA) is 33.1 Å². The molecule has 0 bridgehead atoms. The van der Waals surface area contributed by atoms with Crippen LogP contribution in [0.5, 0.6) is 0 Å². The first-order valence-corrected chi connectivity index (χ1v) is 6.58. The summed E-state index contributed by atoms with van der Waals surface area (Å²) in [7, 11) is 0. The summed E-state index contributed by atoms with van der Waals surface area (Å²) in [5.41, 5.74) is 3.85. The highest BCUT2D eigenvalue weighted by molar-refractivity contribution is 5.68. The van der Waals surface area contributed by atoms with Gasteiger partial charge in [-0.1, -0.05) is 60.7 Å². The van der Waals surface area contributed by atoms with Gasteiger partial charge in [0.15, 0.2) is 0 Å². The third-order valence-electron chi connectivity index (χ3n) is 3.34. The Morgan fingerprint density at radius 2 is 1.55 bits per heavy atom. The van der Waals surface area contributed by atoms with Gasteiger partial charge in [-0.05, 0) is 22.8 Å². The highest BCUT2D eigenvalue weighted by Crippen LogP contribution is 2.31. The number of aliphatic hydroxyl groups excluding tert-OH is 1. The van der Waals surface area contributed by atoms with E-state index in [1.807, 2.05) is 54.6 Å². The summed E-state index contributed by atoms with van der Waals surface area (Å²) < 4.78 is 0. The Morgan fingerprint density at radius 1 is 0.800 bits per heavy atom. The fraction of sp³-hybridized carbons (Fsp3) is 0.0556. The van der Waals surface area contributed by atoms with E-state index >= 15 is 0 Å². The van der Waals surface area contributed by atoms with Crippen molar-refractivity contribution in [2.75, 3.05) is 0 Å². The first-order chi connectivity index (χ1) is 9.86. The maximum absolute atomic E-state index is 10.6. The first kappa shape index (κ1) is 12.6. The standard InChI is InChI=1S/C18H15NO/c20-18(15-9-6-12-19-13-15)17-11-5-4-10-16(17)14-7-2-1-3-8-14/h1-13,18,20H. The Kier molecular flexibility index (Phi) is 3.57. The maximum Gasteiger partial charge on any atom is 0.106 e. The van der Waals surface area contributed by atoms with Crippen LogP contribution in [0.2, 0.25) is 0 Å². The zero-order valence-electron chi connectivity index (χ0n) is 11.0. The molecule has 0 aliphatic heterocycles. The average Bonchev–Trinajstić information content (AvgIpc) is 2.56. The number of hydrogen-bond acceptors (Lipinski definition) is 2. The molecule has 1 heterocycles. The van der Waals surface area contributed by atoms with Crippen LogP contribution in [0.25, 0.3) is 11.1 Å². The van der Waals surface area contributed by atoms with Gasteiger partial charge in [-0.25, -0.2) is 0 Å². The van der Waals surface area contributed by atoms with Crippen molar-refractivity contribution in [3.05, 3.63) is 90.3 Å². The van der Waals surface area contributed by atoms with E-state index in [0.717, 1.165) is 22.3 Å². The van der Waals surface area contributed by atoms with Crippen LogP contribution in [-0.2, 0) is 0 Å². The van der Waals surface area contributed by atoms with Gasteiger partial charge in [0.25, 0.3) is 0 Å². The molecule has 0 radical (unpaired) electrons. The molecule has 20 heavy (non-hydrogen) atoms. The number of benzene rings is 2. The van der Waals surface area contributed by atoms with Gasteiger partial charge in [0.1, 0.15) is 6.10 Å². The molecule has 0 aliphatic rings. The molecule has 3 aromatic rings. The van der Waals surface area contributed by atoms with E-state index < -0.39 is 6.10 Å². The Morgan fingerprint density at radius 3 is 2.30 bits per heavy atom. The lowest BCUT2D eigenvalue weighted by molar-refractivity contribution is 0.220. The van der Waals surface area contributed by atoms with E-state index in [1.165, 1.54) is 0 Å². The van der Waals surface area contributed by atoms with Crippen LogP contribution < -0.4 is 0 Å². The molecule has 2 nitrogen and oxygen atoms in total. The monoisotopic (exact) mass is 261 g/mol. The van der Waals surface area contributed by atoms with Crippen LogP contribution >= 0.6 is 0 Å². The van der Waals surface area contributed by atoms with Gasteiger partial charge in [0.2, 0.25) is 0 Å². The summed E-state index contributed by atoms with van der Waals surface area (Å²) in [5, 5.41) is 10.6. The maximum atomic E-state index is 10.6. The van der Waals surface area contributed by atoms with Gasteiger partial charge in [-0.15, -0.1) is 0 Å². The summed E-state index contributed by atoms with van der Waals surface area (Å²) >= 11 is 0. The van der Waals surface area contributed by atoms with Crippen LogP contribution in [0.4, 0.5) is 0 Å². The van der Waals surface area contributed by atoms with Crippen molar-refractivity contribution in [2.45, 2.75) is 6.10 Å². The SMILES string of the molecule is OC(c1cccnc1)c1ccccc1-c1ccccc1. The first-order valence-electron chi connectivity index (χ1n) is 6.58. The normalized spacial score (nSPS) is 12.1. The predicted octanol–water partition coefficient (Wildman–Crippen LogP) is 3.83. The lowest BCUT2D eigenvalue weighted by Crippen LogP contribution is -2.02. The minimum Gasteiger partial charge on any atom is -0.384 e. The molecule has 0 saturated heterocycles. The van der Waals surface area contributed by atoms with Crippen molar-refractivity contribution in [1.82, 2.24) is 4.98 Å². The molecule has 3 rings (SSSR count). The summed E-state index contributed by atoms with van der Waals surface area (Å²) in [6, 6.07) is 21.7. The Bertz CT molecular complexity index is 680. The van der Waals surface area contributed by atoms with Crippen molar-refractivity contribution in [3.63, 3.8) is 0 Å². The predicted molar refractivity (Wildman–Crippen MR) is 80.2 cm³/mol. The number of aliphatic hydroxyl groups is 1. The quantitative estimate of drug-likeness (QED) is 0.777. The molecule has 0 spiro atoms. The van der Waals surface area contributed by atoms with Crippen LogP contribution in [0, 0.1) is 0 Å². The summed E-state index contributed by atoms with van der Waals surface area (Å²) in [6.07, 6.45) is 2.74. The van der Waals surface area contributed by atoms with Crippen LogP contribution in [0.3, 0.4) is 0 Å². The zero-order chi connectivity index (χ0) is 13.8. The number of hydrogen-bond donors (Lipinski definition) is 1. The minimum absolute atomic E-state index is 0.667. The Hall–Kier alpha value is -2.45. The van der Waals surface area contributed by atoms with Gasteiger partial charge in [0.05, 0.1) is 0 Å². The van der Waals surface area contributed by atoms with Gasteiger partial charge in [-0.2, -0.15) is 0 Å². The van der Waals surface area contributed by atoms with Crippen molar-refractivity contribution < 1.29 is 5.11 Å². The molecule has 1 unspecified atom stereocenters. The van der Waals surface area contributed by atoms with Gasteiger partial charge in [0, 0.05) is 18.0 Å². The third-order valence-corrected chi connectivity index (χ3v) is 3.34. The molecule has 0 saturated carbocycles. The largest absolute Gasteiger partial charge is 0.384 e. The second-order valence-electron chi connectivity index (χ2n) is 4.64. The van der Waals surface area contributed by atoms with Crippen molar-refractivity contribution in [1.29, 1.82) is 0 Å². The molecule has 0 amide bonds. The van der Waals surface area contributed by atoms with Crippen molar-refractivity contribution >= 4 is 0 Å². The molecule has 98 valence electrons. The van der Waals surface area contributed by atoms with E-state index in [9.17, 15) is 5.11 Å². The molecule has 2 aromatic carbocycles. The van der Waals surface area contributed by atoms with E-state index in [-0.39, 0.29) is 0 Å². The smallest absolute Gasteiger partial charge is 0.106 e. The highest BCUT2D eigenvalue weighted by Gasteiger charge is 2.14. The lowest BCUT2D eigenvalue weighted by atomic mass is 9.93. The summed E-state index contributed by atoms with van der Waals surface area (Å²) in [4.78, 5) is 4.07. The second-order valence-corrected chi connectivity index (χ2v) is 4.64. The van der Waals surface area contributed by atoms with E-state index in [1.54, 1.807) is 12.4 Å². The Balaban J connectivity index is 2.07. The number of pyridine rings is 1. The molecule has 1 atom stereocenters.